The Bertz CT molecular complexity index is 981. The van der Waals surface area contributed by atoms with Gasteiger partial charge in [-0.1, -0.05) is 18.2 Å². The zero-order valence-corrected chi connectivity index (χ0v) is 19.8. The van der Waals surface area contributed by atoms with Crippen molar-refractivity contribution < 1.29 is 18.7 Å². The van der Waals surface area contributed by atoms with Crippen molar-refractivity contribution in [3.05, 3.63) is 65.5 Å². The maximum Gasteiger partial charge on any atom is 0.253 e. The molecule has 0 saturated carbocycles. The van der Waals surface area contributed by atoms with Gasteiger partial charge in [0, 0.05) is 25.7 Å². The van der Waals surface area contributed by atoms with Gasteiger partial charge in [0.05, 0.1) is 5.41 Å². The van der Waals surface area contributed by atoms with Gasteiger partial charge >= 0.3 is 0 Å². The summed E-state index contributed by atoms with van der Waals surface area (Å²) in [5.74, 6) is 0.927. The van der Waals surface area contributed by atoms with Gasteiger partial charge in [-0.15, -0.1) is 0 Å². The Labute approximate surface area is 200 Å². The number of nitrogens with one attached hydrogen (secondary N) is 2. The zero-order valence-electron chi connectivity index (χ0n) is 19.8. The Morgan fingerprint density at radius 1 is 1.12 bits per heavy atom. The molecule has 2 aromatic carbocycles. The average molecular weight is 468 g/mol. The molecule has 182 valence electrons. The molecule has 2 N–H and O–H groups in total. The van der Waals surface area contributed by atoms with Crippen LogP contribution in [0.15, 0.2) is 48.5 Å². The van der Waals surface area contributed by atoms with Crippen molar-refractivity contribution in [2.24, 2.45) is 11.3 Å². The maximum absolute atomic E-state index is 13.2. The quantitative estimate of drug-likeness (QED) is 0.651. The summed E-state index contributed by atoms with van der Waals surface area (Å²) < 4.78 is 18.9. The summed E-state index contributed by atoms with van der Waals surface area (Å²) in [6.45, 7) is 3.46. The molecule has 2 aliphatic rings. The average Bonchev–Trinajstić information content (AvgIpc) is 2.88. The van der Waals surface area contributed by atoms with E-state index in [9.17, 15) is 14.0 Å². The van der Waals surface area contributed by atoms with Gasteiger partial charge in [-0.05, 0) is 87.0 Å². The Kier molecular flexibility index (Phi) is 7.83. The lowest BCUT2D eigenvalue weighted by molar-refractivity contribution is -0.134. The largest absolute Gasteiger partial charge is 0.489 e. The molecule has 34 heavy (non-hydrogen) atoms. The lowest BCUT2D eigenvalue weighted by Gasteiger charge is -2.43. The Morgan fingerprint density at radius 2 is 1.82 bits per heavy atom. The number of hydrogen-bond acceptors (Lipinski definition) is 4. The van der Waals surface area contributed by atoms with E-state index in [4.69, 9.17) is 4.74 Å². The van der Waals surface area contributed by atoms with Crippen LogP contribution in [-0.2, 0) is 11.4 Å². The topological polar surface area (TPSA) is 70.7 Å². The third-order valence-electron chi connectivity index (χ3n) is 7.25. The molecule has 2 heterocycles. The van der Waals surface area contributed by atoms with Crippen LogP contribution in [0.5, 0.6) is 5.75 Å². The number of amides is 2. The Morgan fingerprint density at radius 3 is 2.50 bits per heavy atom. The molecule has 2 amide bonds. The molecule has 6 nitrogen and oxygen atoms in total. The van der Waals surface area contributed by atoms with Gasteiger partial charge in [-0.2, -0.15) is 0 Å². The number of halogens is 1. The number of rotatable bonds is 7. The number of carbonyl (C=O) groups is 2. The number of benzene rings is 2. The molecule has 0 spiro atoms. The number of hydrogen-bond donors (Lipinski definition) is 2. The molecule has 0 unspecified atom stereocenters. The number of ether oxygens (including phenoxy) is 1. The van der Waals surface area contributed by atoms with Crippen LogP contribution in [0.2, 0.25) is 0 Å². The van der Waals surface area contributed by atoms with Crippen LogP contribution in [0.4, 0.5) is 4.39 Å². The van der Waals surface area contributed by atoms with Gasteiger partial charge in [0.15, 0.2) is 0 Å². The predicted molar refractivity (Wildman–Crippen MR) is 129 cm³/mol. The number of nitrogens with zero attached hydrogens (tertiary/aromatic N) is 1. The molecule has 4 rings (SSSR count). The maximum atomic E-state index is 13.2. The normalized spacial score (nSPS) is 18.4. The van der Waals surface area contributed by atoms with E-state index in [1.54, 1.807) is 31.3 Å². The molecular formula is C27H34FN3O3. The number of piperidine rings is 2. The molecule has 2 aliphatic heterocycles. The summed E-state index contributed by atoms with van der Waals surface area (Å²) in [5, 5.41) is 6.28. The standard InChI is InChI=1S/C27H34FN3O3/c1-29-26(33)27(18-20-9-13-30-14-10-20)11-15-31(16-12-27)25(32)22-3-2-4-24(17-22)34-19-21-5-7-23(28)8-6-21/h2-8,17,20,30H,9-16,18-19H2,1H3,(H,29,33). The Balaban J connectivity index is 1.37. The minimum Gasteiger partial charge on any atom is -0.489 e. The lowest BCUT2D eigenvalue weighted by Crippen LogP contribution is -2.50. The van der Waals surface area contributed by atoms with Crippen molar-refractivity contribution in [1.82, 2.24) is 15.5 Å². The van der Waals surface area contributed by atoms with Crippen LogP contribution in [-0.4, -0.2) is 49.9 Å². The summed E-state index contributed by atoms with van der Waals surface area (Å²) in [7, 11) is 1.71. The van der Waals surface area contributed by atoms with Crippen molar-refractivity contribution in [2.75, 3.05) is 33.2 Å². The van der Waals surface area contributed by atoms with E-state index in [2.05, 4.69) is 10.6 Å². The fourth-order valence-electron chi connectivity index (χ4n) is 5.21. The van der Waals surface area contributed by atoms with E-state index in [0.717, 1.165) is 37.9 Å². The molecule has 0 aliphatic carbocycles. The second-order valence-electron chi connectivity index (χ2n) is 9.49. The zero-order chi connectivity index (χ0) is 24.0. The van der Waals surface area contributed by atoms with E-state index in [-0.39, 0.29) is 17.6 Å². The van der Waals surface area contributed by atoms with E-state index >= 15 is 0 Å². The molecule has 2 fully saturated rings. The van der Waals surface area contributed by atoms with Crippen LogP contribution in [0.3, 0.4) is 0 Å². The van der Waals surface area contributed by atoms with Crippen LogP contribution in [0, 0.1) is 17.2 Å². The van der Waals surface area contributed by atoms with Crippen molar-refractivity contribution in [3.8, 4) is 5.75 Å². The van der Waals surface area contributed by atoms with E-state index < -0.39 is 5.41 Å². The van der Waals surface area contributed by atoms with Crippen LogP contribution < -0.4 is 15.4 Å². The molecule has 0 aromatic heterocycles. The van der Waals surface area contributed by atoms with Crippen LogP contribution >= 0.6 is 0 Å². The van der Waals surface area contributed by atoms with E-state index in [0.29, 0.717) is 49.8 Å². The van der Waals surface area contributed by atoms with Gasteiger partial charge in [0.25, 0.3) is 5.91 Å². The van der Waals surface area contributed by atoms with E-state index in [1.807, 2.05) is 17.0 Å². The first-order valence-electron chi connectivity index (χ1n) is 12.2. The summed E-state index contributed by atoms with van der Waals surface area (Å²) in [5.41, 5.74) is 1.03. The highest BCUT2D eigenvalue weighted by Gasteiger charge is 2.43. The highest BCUT2D eigenvalue weighted by Crippen LogP contribution is 2.40. The van der Waals surface area contributed by atoms with Crippen molar-refractivity contribution in [2.45, 2.75) is 38.7 Å². The summed E-state index contributed by atoms with van der Waals surface area (Å²) in [4.78, 5) is 28.0. The fraction of sp³-hybridized carbons (Fsp3) is 0.481. The summed E-state index contributed by atoms with van der Waals surface area (Å²) in [6, 6.07) is 13.3. The number of likely N-dealkylation sites (tertiary alicyclic amines) is 1. The van der Waals surface area contributed by atoms with Gasteiger partial charge in [-0.3, -0.25) is 9.59 Å². The minimum atomic E-state index is -0.395. The first-order chi connectivity index (χ1) is 16.5. The fourth-order valence-corrected chi connectivity index (χ4v) is 5.21. The molecular weight excluding hydrogens is 433 g/mol. The SMILES string of the molecule is CNC(=O)C1(CC2CCNCC2)CCN(C(=O)c2cccc(OCc3ccc(F)cc3)c2)CC1. The van der Waals surface area contributed by atoms with Gasteiger partial charge in [0.1, 0.15) is 18.2 Å². The summed E-state index contributed by atoms with van der Waals surface area (Å²) in [6.07, 6.45) is 4.47. The first kappa shape index (κ1) is 24.2. The first-order valence-corrected chi connectivity index (χ1v) is 12.2. The molecule has 0 atom stereocenters. The van der Waals surface area contributed by atoms with Gasteiger partial charge < -0.3 is 20.3 Å². The highest BCUT2D eigenvalue weighted by molar-refractivity contribution is 5.95. The third-order valence-corrected chi connectivity index (χ3v) is 7.25. The number of carbonyl (C=O) groups excluding carboxylic acids is 2. The van der Waals surface area contributed by atoms with Crippen LogP contribution in [0.1, 0.15) is 48.0 Å². The second kappa shape index (κ2) is 11.0. The summed E-state index contributed by atoms with van der Waals surface area (Å²) >= 11 is 0. The van der Waals surface area contributed by atoms with E-state index in [1.165, 1.54) is 12.1 Å². The highest BCUT2D eigenvalue weighted by atomic mass is 19.1. The molecule has 0 bridgehead atoms. The van der Waals surface area contributed by atoms with Crippen molar-refractivity contribution in [3.63, 3.8) is 0 Å². The minimum absolute atomic E-state index is 0.0420. The van der Waals surface area contributed by atoms with Crippen molar-refractivity contribution >= 4 is 11.8 Å². The second-order valence-corrected chi connectivity index (χ2v) is 9.49. The van der Waals surface area contributed by atoms with Gasteiger partial charge in [0.2, 0.25) is 5.91 Å². The third kappa shape index (κ3) is 5.76. The predicted octanol–water partition coefficient (Wildman–Crippen LogP) is 3.76. The molecule has 0 radical (unpaired) electrons. The van der Waals surface area contributed by atoms with Crippen LogP contribution in [0.25, 0.3) is 0 Å². The molecule has 2 aromatic rings. The van der Waals surface area contributed by atoms with Gasteiger partial charge in [-0.25, -0.2) is 4.39 Å². The Hall–Kier alpha value is -2.93. The monoisotopic (exact) mass is 467 g/mol. The van der Waals surface area contributed by atoms with Crippen molar-refractivity contribution in [1.29, 1.82) is 0 Å². The molecule has 7 heteroatoms. The molecule has 2 saturated heterocycles. The smallest absolute Gasteiger partial charge is 0.253 e. The lowest BCUT2D eigenvalue weighted by atomic mass is 9.69.